The summed E-state index contributed by atoms with van der Waals surface area (Å²) in [5, 5.41) is 0. The van der Waals surface area contributed by atoms with Gasteiger partial charge in [0.15, 0.2) is 0 Å². The fraction of sp³-hybridized carbons (Fsp3) is 0.391. The molecule has 10 nitrogen and oxygen atoms in total. The Morgan fingerprint density at radius 3 is 2.18 bits per heavy atom. The maximum absolute atomic E-state index is 13.6. The van der Waals surface area contributed by atoms with Gasteiger partial charge in [0.1, 0.15) is 0 Å². The molecule has 0 spiro atoms. The summed E-state index contributed by atoms with van der Waals surface area (Å²) in [6, 6.07) is 15.6. The number of amides is 2. The van der Waals surface area contributed by atoms with Gasteiger partial charge >= 0.3 is 10.2 Å². The van der Waals surface area contributed by atoms with Gasteiger partial charge < -0.3 is 4.90 Å². The average molecular weight is 489 g/mol. The number of hydrogen-bond acceptors (Lipinski definition) is 6. The average Bonchev–Trinajstić information content (AvgIpc) is 2.86. The maximum atomic E-state index is 13.6. The molecule has 3 N–H and O–H groups in total. The summed E-state index contributed by atoms with van der Waals surface area (Å²) in [7, 11) is -2.26. The van der Waals surface area contributed by atoms with Gasteiger partial charge in [0.25, 0.3) is 5.91 Å². The lowest BCUT2D eigenvalue weighted by atomic mass is 10.1. The summed E-state index contributed by atoms with van der Waals surface area (Å²) < 4.78 is 29.9. The third-order valence-corrected chi connectivity index (χ3v) is 7.81. The maximum Gasteiger partial charge on any atom is 0.304 e. The Balaban J connectivity index is 1.72. The molecule has 34 heavy (non-hydrogen) atoms. The number of nitrogens with one attached hydrogen (secondary N) is 1. The van der Waals surface area contributed by atoms with Crippen LogP contribution in [0.2, 0.25) is 0 Å². The van der Waals surface area contributed by atoms with E-state index in [-0.39, 0.29) is 12.5 Å². The fourth-order valence-corrected chi connectivity index (χ4v) is 5.11. The van der Waals surface area contributed by atoms with E-state index in [0.29, 0.717) is 37.4 Å². The normalized spacial score (nSPS) is 14.8. The van der Waals surface area contributed by atoms with Crippen molar-refractivity contribution in [3.05, 3.63) is 65.7 Å². The lowest BCUT2D eigenvalue weighted by Gasteiger charge is -2.35. The zero-order chi connectivity index (χ0) is 24.7. The first kappa shape index (κ1) is 25.6. The molecule has 11 heteroatoms. The summed E-state index contributed by atoms with van der Waals surface area (Å²) in [6.07, 6.45) is 0. The van der Waals surface area contributed by atoms with Crippen molar-refractivity contribution in [2.24, 2.45) is 5.84 Å². The molecular weight excluding hydrogens is 456 g/mol. The van der Waals surface area contributed by atoms with Gasteiger partial charge in [0, 0.05) is 58.8 Å². The van der Waals surface area contributed by atoms with E-state index < -0.39 is 16.1 Å². The molecule has 0 bridgehead atoms. The smallest absolute Gasteiger partial charge is 0.304 e. The van der Waals surface area contributed by atoms with Crippen LogP contribution >= 0.6 is 0 Å². The SMILES string of the molecule is CC(=O)N1CCN(CCN(C)S(=O)(=O)N(Cc2ccc(C(=O)NN)cc2)c2ccccc2)CC1. The molecule has 3 rings (SSSR count). The van der Waals surface area contributed by atoms with Crippen molar-refractivity contribution in [1.29, 1.82) is 0 Å². The second-order valence-corrected chi connectivity index (χ2v) is 10.1. The Morgan fingerprint density at radius 2 is 1.62 bits per heavy atom. The number of hydrazine groups is 1. The number of hydrogen-bond donors (Lipinski definition) is 2. The lowest BCUT2D eigenvalue weighted by Crippen LogP contribution is -2.50. The number of nitrogens with two attached hydrogens (primary N) is 1. The molecule has 1 aliphatic heterocycles. The highest BCUT2D eigenvalue weighted by atomic mass is 32.2. The number of nitrogens with zero attached hydrogens (tertiary/aromatic N) is 4. The van der Waals surface area contributed by atoms with Crippen molar-refractivity contribution < 1.29 is 18.0 Å². The quantitative estimate of drug-likeness (QED) is 0.304. The summed E-state index contributed by atoms with van der Waals surface area (Å²) in [5.41, 5.74) is 3.75. The highest BCUT2D eigenvalue weighted by Gasteiger charge is 2.28. The first-order chi connectivity index (χ1) is 16.2. The number of rotatable bonds is 9. The first-order valence-corrected chi connectivity index (χ1v) is 12.5. The number of carbonyl (C=O) groups excluding carboxylic acids is 2. The molecule has 0 aromatic heterocycles. The van der Waals surface area contributed by atoms with Gasteiger partial charge in [-0.1, -0.05) is 30.3 Å². The zero-order valence-corrected chi connectivity index (χ0v) is 20.4. The van der Waals surface area contributed by atoms with Crippen LogP contribution in [0.5, 0.6) is 0 Å². The molecule has 1 saturated heterocycles. The van der Waals surface area contributed by atoms with E-state index in [4.69, 9.17) is 5.84 Å². The molecule has 0 radical (unpaired) electrons. The van der Waals surface area contributed by atoms with Crippen molar-refractivity contribution >= 4 is 27.7 Å². The number of carbonyl (C=O) groups is 2. The van der Waals surface area contributed by atoms with Gasteiger partial charge in [-0.05, 0) is 29.8 Å². The van der Waals surface area contributed by atoms with Crippen molar-refractivity contribution in [2.75, 3.05) is 50.6 Å². The van der Waals surface area contributed by atoms with Gasteiger partial charge in [-0.2, -0.15) is 12.7 Å². The Bertz CT molecular complexity index is 1070. The molecule has 2 aromatic rings. The van der Waals surface area contributed by atoms with Crippen LogP contribution in [0.1, 0.15) is 22.8 Å². The monoisotopic (exact) mass is 488 g/mol. The van der Waals surface area contributed by atoms with E-state index in [0.717, 1.165) is 18.7 Å². The predicted octanol–water partition coefficient (Wildman–Crippen LogP) is 0.637. The molecule has 1 aliphatic rings. The van der Waals surface area contributed by atoms with Crippen LogP contribution in [0.4, 0.5) is 5.69 Å². The molecule has 1 fully saturated rings. The molecule has 2 amide bonds. The minimum absolute atomic E-state index is 0.0644. The third-order valence-electron chi connectivity index (χ3n) is 5.94. The number of para-hydroxylation sites is 1. The summed E-state index contributed by atoms with van der Waals surface area (Å²) in [6.45, 7) is 5.32. The van der Waals surface area contributed by atoms with Crippen LogP contribution in [0.3, 0.4) is 0 Å². The Hall–Kier alpha value is -2.99. The van der Waals surface area contributed by atoms with Crippen LogP contribution in [0, 0.1) is 0 Å². The number of benzene rings is 2. The van der Waals surface area contributed by atoms with Crippen LogP contribution in [0.25, 0.3) is 0 Å². The lowest BCUT2D eigenvalue weighted by molar-refractivity contribution is -0.130. The minimum Gasteiger partial charge on any atom is -0.340 e. The van der Waals surface area contributed by atoms with E-state index in [9.17, 15) is 18.0 Å². The van der Waals surface area contributed by atoms with E-state index in [1.165, 1.54) is 8.61 Å². The number of likely N-dealkylation sites (N-methyl/N-ethyl adjacent to an activating group) is 1. The van der Waals surface area contributed by atoms with Crippen LogP contribution in [-0.4, -0.2) is 80.7 Å². The number of piperazine rings is 1. The van der Waals surface area contributed by atoms with Crippen molar-refractivity contribution in [1.82, 2.24) is 19.5 Å². The van der Waals surface area contributed by atoms with Gasteiger partial charge in [-0.15, -0.1) is 0 Å². The molecule has 0 aliphatic carbocycles. The second kappa shape index (κ2) is 11.4. The number of anilines is 1. The second-order valence-electron chi connectivity index (χ2n) is 8.19. The Morgan fingerprint density at radius 1 is 1.00 bits per heavy atom. The molecule has 2 aromatic carbocycles. The van der Waals surface area contributed by atoms with Crippen molar-refractivity contribution in [3.8, 4) is 0 Å². The third kappa shape index (κ3) is 6.32. The fourth-order valence-electron chi connectivity index (χ4n) is 3.76. The molecule has 0 atom stereocenters. The molecule has 0 saturated carbocycles. The first-order valence-electron chi connectivity index (χ1n) is 11.1. The summed E-state index contributed by atoms with van der Waals surface area (Å²) in [4.78, 5) is 27.2. The summed E-state index contributed by atoms with van der Waals surface area (Å²) in [5.74, 6) is 4.83. The van der Waals surface area contributed by atoms with E-state index in [1.54, 1.807) is 67.4 Å². The highest BCUT2D eigenvalue weighted by Crippen LogP contribution is 2.23. The van der Waals surface area contributed by atoms with Crippen molar-refractivity contribution in [2.45, 2.75) is 13.5 Å². The van der Waals surface area contributed by atoms with Crippen LogP contribution < -0.4 is 15.6 Å². The minimum atomic E-state index is -3.83. The van der Waals surface area contributed by atoms with Gasteiger partial charge in [0.2, 0.25) is 5.91 Å². The topological polar surface area (TPSA) is 119 Å². The van der Waals surface area contributed by atoms with Gasteiger partial charge in [0.05, 0.1) is 12.2 Å². The van der Waals surface area contributed by atoms with E-state index >= 15 is 0 Å². The van der Waals surface area contributed by atoms with E-state index in [2.05, 4.69) is 10.3 Å². The van der Waals surface area contributed by atoms with Gasteiger partial charge in [-0.3, -0.25) is 24.2 Å². The van der Waals surface area contributed by atoms with Crippen LogP contribution in [-0.2, 0) is 21.5 Å². The largest absolute Gasteiger partial charge is 0.340 e. The van der Waals surface area contributed by atoms with Crippen LogP contribution in [0.15, 0.2) is 54.6 Å². The zero-order valence-electron chi connectivity index (χ0n) is 19.6. The molecule has 0 unspecified atom stereocenters. The van der Waals surface area contributed by atoms with Gasteiger partial charge in [-0.25, -0.2) is 5.84 Å². The summed E-state index contributed by atoms with van der Waals surface area (Å²) >= 11 is 0. The highest BCUT2D eigenvalue weighted by molar-refractivity contribution is 7.90. The predicted molar refractivity (Wildman–Crippen MR) is 131 cm³/mol. The Labute approximate surface area is 201 Å². The molecule has 1 heterocycles. The van der Waals surface area contributed by atoms with E-state index in [1.807, 2.05) is 6.07 Å². The Kier molecular flexibility index (Phi) is 8.61. The number of nitrogen functional groups attached to an aromatic ring is 1. The molecular formula is C23H32N6O4S. The molecule has 184 valence electrons. The van der Waals surface area contributed by atoms with Crippen molar-refractivity contribution in [3.63, 3.8) is 0 Å². The standard InChI is InChI=1S/C23H32N6O4S/c1-19(30)28-16-14-27(15-17-28)13-12-26(2)34(32,33)29(22-6-4-3-5-7-22)18-20-8-10-21(11-9-20)23(31)25-24/h3-11H,12-18,24H2,1-2H3,(H,25,31).